The quantitative estimate of drug-likeness (QED) is 0.860. The minimum Gasteiger partial charge on any atom is -0.497 e. The lowest BCUT2D eigenvalue weighted by atomic mass is 9.98. The Morgan fingerprint density at radius 2 is 1.68 bits per heavy atom. The molecule has 0 aromatic heterocycles. The zero-order chi connectivity index (χ0) is 16.3. The highest BCUT2D eigenvalue weighted by Gasteiger charge is 2.21. The first-order valence-electron chi connectivity index (χ1n) is 7.00. The largest absolute Gasteiger partial charge is 0.497 e. The summed E-state index contributed by atoms with van der Waals surface area (Å²) in [4.78, 5) is 23.0. The Hall–Kier alpha value is -2.56. The number of ether oxygens (including phenoxy) is 2. The van der Waals surface area contributed by atoms with Gasteiger partial charge < -0.3 is 15.2 Å². The maximum atomic E-state index is 12.0. The fraction of sp³-hybridized carbons (Fsp3) is 0.294. The second-order valence-corrected chi connectivity index (χ2v) is 5.18. The third kappa shape index (κ3) is 3.36. The molecule has 0 aliphatic carbocycles. The second kappa shape index (κ2) is 6.47. The fourth-order valence-electron chi connectivity index (χ4n) is 2.11. The van der Waals surface area contributed by atoms with Crippen molar-refractivity contribution >= 4 is 22.6 Å². The van der Waals surface area contributed by atoms with Crippen LogP contribution in [0, 0.1) is 0 Å². The summed E-state index contributed by atoms with van der Waals surface area (Å²) in [5.74, 6) is -0.832. The van der Waals surface area contributed by atoms with E-state index in [0.717, 1.165) is 22.1 Å². The maximum absolute atomic E-state index is 12.0. The van der Waals surface area contributed by atoms with Crippen molar-refractivity contribution in [1.82, 2.24) is 0 Å². The van der Waals surface area contributed by atoms with Crippen LogP contribution in [0.25, 0.3) is 10.8 Å². The molecule has 0 spiro atoms. The summed E-state index contributed by atoms with van der Waals surface area (Å²) >= 11 is 0. The smallest absolute Gasteiger partial charge is 0.313 e. The summed E-state index contributed by atoms with van der Waals surface area (Å²) < 4.78 is 10.2. The fourth-order valence-corrected chi connectivity index (χ4v) is 2.11. The molecule has 22 heavy (non-hydrogen) atoms. The first-order chi connectivity index (χ1) is 10.4. The van der Waals surface area contributed by atoms with Crippen LogP contribution in [0.3, 0.4) is 0 Å². The first-order valence-corrected chi connectivity index (χ1v) is 7.00. The van der Waals surface area contributed by atoms with E-state index >= 15 is 0 Å². The average molecular weight is 301 g/mol. The molecule has 0 aliphatic heterocycles. The number of fused-ring (bicyclic) bond motifs is 1. The van der Waals surface area contributed by atoms with E-state index in [-0.39, 0.29) is 0 Å². The van der Waals surface area contributed by atoms with E-state index in [0.29, 0.717) is 0 Å². The highest BCUT2D eigenvalue weighted by Crippen LogP contribution is 2.25. The molecule has 2 rings (SSSR count). The van der Waals surface area contributed by atoms with Gasteiger partial charge in [0.05, 0.1) is 13.0 Å². The van der Waals surface area contributed by atoms with Gasteiger partial charge in [-0.2, -0.15) is 0 Å². The van der Waals surface area contributed by atoms with Gasteiger partial charge in [-0.25, -0.2) is 0 Å². The SMILES string of the molecule is COc1ccc2cc([C@H](C)C(=O)O[C@@H](C)C(N)=O)ccc2c1. The molecule has 0 aliphatic rings. The van der Waals surface area contributed by atoms with E-state index in [4.69, 9.17) is 15.2 Å². The molecule has 2 atom stereocenters. The summed E-state index contributed by atoms with van der Waals surface area (Å²) in [6.07, 6.45) is -0.931. The van der Waals surface area contributed by atoms with Crippen molar-refractivity contribution in [3.63, 3.8) is 0 Å². The minimum atomic E-state index is -0.931. The number of amides is 1. The van der Waals surface area contributed by atoms with Crippen molar-refractivity contribution in [2.24, 2.45) is 5.73 Å². The molecule has 2 aromatic carbocycles. The molecule has 2 aromatic rings. The minimum absolute atomic E-state index is 0.473. The van der Waals surface area contributed by atoms with E-state index in [9.17, 15) is 9.59 Å². The summed E-state index contributed by atoms with van der Waals surface area (Å²) in [7, 11) is 1.62. The molecule has 116 valence electrons. The number of benzene rings is 2. The van der Waals surface area contributed by atoms with Crippen LogP contribution in [0.2, 0.25) is 0 Å². The van der Waals surface area contributed by atoms with Crippen molar-refractivity contribution in [1.29, 1.82) is 0 Å². The monoisotopic (exact) mass is 301 g/mol. The van der Waals surface area contributed by atoms with E-state index in [2.05, 4.69) is 0 Å². The Labute approximate surface area is 129 Å². The van der Waals surface area contributed by atoms with Crippen LogP contribution in [0.1, 0.15) is 25.3 Å². The summed E-state index contributed by atoms with van der Waals surface area (Å²) in [5, 5.41) is 2.02. The predicted octanol–water partition coefficient (Wildman–Crippen LogP) is 2.37. The average Bonchev–Trinajstić information content (AvgIpc) is 2.52. The molecule has 5 nitrogen and oxygen atoms in total. The molecule has 5 heteroatoms. The molecule has 2 N–H and O–H groups in total. The highest BCUT2D eigenvalue weighted by molar-refractivity contribution is 5.88. The topological polar surface area (TPSA) is 78.6 Å². The van der Waals surface area contributed by atoms with Crippen LogP contribution in [-0.4, -0.2) is 25.1 Å². The Kier molecular flexibility index (Phi) is 4.65. The van der Waals surface area contributed by atoms with Gasteiger partial charge in [0.15, 0.2) is 6.10 Å². The van der Waals surface area contributed by atoms with Gasteiger partial charge in [0, 0.05) is 0 Å². The number of primary amides is 1. The predicted molar refractivity (Wildman–Crippen MR) is 83.7 cm³/mol. The Morgan fingerprint density at radius 1 is 1.05 bits per heavy atom. The number of hydrogen-bond donors (Lipinski definition) is 1. The molecule has 0 saturated carbocycles. The van der Waals surface area contributed by atoms with Gasteiger partial charge in [-0.1, -0.05) is 24.3 Å². The maximum Gasteiger partial charge on any atom is 0.313 e. The number of nitrogens with two attached hydrogens (primary N) is 1. The number of carbonyl (C=O) groups is 2. The van der Waals surface area contributed by atoms with Crippen molar-refractivity contribution in [2.45, 2.75) is 25.9 Å². The summed E-state index contributed by atoms with van der Waals surface area (Å²) in [6.45, 7) is 3.19. The number of esters is 1. The zero-order valence-electron chi connectivity index (χ0n) is 12.8. The van der Waals surface area contributed by atoms with Crippen LogP contribution in [0.5, 0.6) is 5.75 Å². The third-order valence-electron chi connectivity index (χ3n) is 3.62. The molecular weight excluding hydrogens is 282 g/mol. The number of rotatable bonds is 5. The van der Waals surface area contributed by atoms with E-state index in [1.54, 1.807) is 14.0 Å². The van der Waals surface area contributed by atoms with Crippen molar-refractivity contribution in [3.05, 3.63) is 42.0 Å². The van der Waals surface area contributed by atoms with E-state index in [1.807, 2.05) is 36.4 Å². The summed E-state index contributed by atoms with van der Waals surface area (Å²) in [5.41, 5.74) is 5.92. The van der Waals surface area contributed by atoms with Gasteiger partial charge in [0.2, 0.25) is 0 Å². The van der Waals surface area contributed by atoms with Crippen molar-refractivity contribution in [3.8, 4) is 5.75 Å². The van der Waals surface area contributed by atoms with Crippen molar-refractivity contribution < 1.29 is 19.1 Å². The molecule has 0 fully saturated rings. The molecule has 0 bridgehead atoms. The van der Waals surface area contributed by atoms with Gasteiger partial charge in [-0.3, -0.25) is 9.59 Å². The Morgan fingerprint density at radius 3 is 2.32 bits per heavy atom. The molecule has 0 heterocycles. The third-order valence-corrected chi connectivity index (χ3v) is 3.62. The normalized spacial score (nSPS) is 13.4. The van der Waals surface area contributed by atoms with Crippen LogP contribution < -0.4 is 10.5 Å². The lowest BCUT2D eigenvalue weighted by Crippen LogP contribution is -2.31. The second-order valence-electron chi connectivity index (χ2n) is 5.18. The van der Waals surface area contributed by atoms with Gasteiger partial charge in [0.1, 0.15) is 5.75 Å². The number of hydrogen-bond acceptors (Lipinski definition) is 4. The zero-order valence-corrected chi connectivity index (χ0v) is 12.8. The lowest BCUT2D eigenvalue weighted by molar-refractivity contribution is -0.154. The molecule has 1 amide bonds. The first kappa shape index (κ1) is 15.8. The van der Waals surface area contributed by atoms with Crippen LogP contribution in [0.4, 0.5) is 0 Å². The lowest BCUT2D eigenvalue weighted by Gasteiger charge is -2.15. The molecule has 0 unspecified atom stereocenters. The molecular formula is C17H19NO4. The molecule has 0 radical (unpaired) electrons. The number of carbonyl (C=O) groups excluding carboxylic acids is 2. The van der Waals surface area contributed by atoms with Crippen LogP contribution in [-0.2, 0) is 14.3 Å². The van der Waals surface area contributed by atoms with Crippen LogP contribution >= 0.6 is 0 Å². The van der Waals surface area contributed by atoms with Crippen molar-refractivity contribution in [2.75, 3.05) is 7.11 Å². The van der Waals surface area contributed by atoms with Gasteiger partial charge in [-0.05, 0) is 42.3 Å². The Bertz CT molecular complexity index is 711. The van der Waals surface area contributed by atoms with E-state index in [1.165, 1.54) is 6.92 Å². The summed E-state index contributed by atoms with van der Waals surface area (Å²) in [6, 6.07) is 11.4. The van der Waals surface area contributed by atoms with Gasteiger partial charge in [0.25, 0.3) is 5.91 Å². The number of methoxy groups -OCH3 is 1. The van der Waals surface area contributed by atoms with E-state index < -0.39 is 23.9 Å². The highest BCUT2D eigenvalue weighted by atomic mass is 16.5. The Balaban J connectivity index is 2.22. The standard InChI is InChI=1S/C17H19NO4/c1-10(17(20)22-11(2)16(18)19)12-4-5-14-9-15(21-3)7-6-13(14)8-12/h4-11H,1-3H3,(H2,18,19)/t10-,11-/m0/s1. The molecule has 0 saturated heterocycles. The van der Waals surface area contributed by atoms with Gasteiger partial charge in [-0.15, -0.1) is 0 Å². The van der Waals surface area contributed by atoms with Crippen LogP contribution in [0.15, 0.2) is 36.4 Å². The van der Waals surface area contributed by atoms with Gasteiger partial charge >= 0.3 is 5.97 Å².